The molecule has 3 aromatic heterocycles. The Morgan fingerprint density at radius 1 is 1.21 bits per heavy atom. The van der Waals surface area contributed by atoms with Crippen LogP contribution < -0.4 is 5.32 Å². The van der Waals surface area contributed by atoms with Crippen LogP contribution in [0.1, 0.15) is 29.9 Å². The van der Waals surface area contributed by atoms with Gasteiger partial charge < -0.3 is 14.5 Å². The molecular formula is C23H21N5O5S. The lowest BCUT2D eigenvalue weighted by Gasteiger charge is -2.12. The second-order valence-electron chi connectivity index (χ2n) is 7.22. The van der Waals surface area contributed by atoms with E-state index in [0.29, 0.717) is 27.7 Å². The van der Waals surface area contributed by atoms with Gasteiger partial charge >= 0.3 is 11.9 Å². The van der Waals surface area contributed by atoms with Crippen LogP contribution in [-0.4, -0.2) is 50.5 Å². The number of hydrogen-bond acceptors (Lipinski definition) is 9. The Morgan fingerprint density at radius 3 is 2.82 bits per heavy atom. The summed E-state index contributed by atoms with van der Waals surface area (Å²) in [7, 11) is 0. The number of nitrogens with one attached hydrogen (secondary N) is 2. The maximum absolute atomic E-state index is 12.6. The number of thiazole rings is 1. The molecule has 11 heteroatoms. The molecule has 10 nitrogen and oxygen atoms in total. The summed E-state index contributed by atoms with van der Waals surface area (Å²) in [6.07, 6.45) is 2.32. The second kappa shape index (κ2) is 10.2. The average Bonchev–Trinajstić information content (AvgIpc) is 3.45. The third kappa shape index (κ3) is 5.44. The summed E-state index contributed by atoms with van der Waals surface area (Å²) in [5.41, 5.74) is 2.92. The summed E-state index contributed by atoms with van der Waals surface area (Å²) in [5, 5.41) is 4.55. The molecule has 0 aliphatic heterocycles. The highest BCUT2D eigenvalue weighted by molar-refractivity contribution is 7.13. The molecule has 0 saturated carbocycles. The van der Waals surface area contributed by atoms with Gasteiger partial charge in [-0.1, -0.05) is 0 Å². The van der Waals surface area contributed by atoms with Crippen LogP contribution in [0.15, 0.2) is 48.1 Å². The van der Waals surface area contributed by atoms with E-state index in [1.165, 1.54) is 18.3 Å². The largest absolute Gasteiger partial charge is 0.466 e. The Balaban J connectivity index is 1.37. The van der Waals surface area contributed by atoms with Gasteiger partial charge in [-0.05, 0) is 44.2 Å². The average molecular weight is 480 g/mol. The lowest BCUT2D eigenvalue weighted by Crippen LogP contribution is -2.30. The molecule has 4 rings (SSSR count). The van der Waals surface area contributed by atoms with E-state index in [4.69, 9.17) is 9.47 Å². The maximum Gasteiger partial charge on any atom is 0.338 e. The molecule has 34 heavy (non-hydrogen) atoms. The number of amides is 1. The molecule has 0 aliphatic rings. The first-order chi connectivity index (χ1) is 16.4. The number of nitrogens with zero attached hydrogens (tertiary/aromatic N) is 3. The molecule has 0 radical (unpaired) electrons. The maximum atomic E-state index is 12.6. The van der Waals surface area contributed by atoms with E-state index >= 15 is 0 Å². The van der Waals surface area contributed by atoms with Crippen molar-refractivity contribution in [3.63, 3.8) is 0 Å². The van der Waals surface area contributed by atoms with Gasteiger partial charge in [-0.15, -0.1) is 11.3 Å². The number of anilines is 1. The number of H-pyrrole nitrogens is 1. The van der Waals surface area contributed by atoms with E-state index < -0.39 is 23.9 Å². The standard InChI is InChI=1S/C23H21N5O5S/c1-3-32-19(29)10-16-12-34-23(25-16)28-21(30)13(2)33-22(31)14-6-7-17-18(9-14)27-20(26-17)15-5-4-8-24-11-15/h4-9,11-13H,3,10H2,1-2H3,(H,26,27)(H,25,28,30). The van der Waals surface area contributed by atoms with Gasteiger partial charge in [0.1, 0.15) is 5.82 Å². The minimum Gasteiger partial charge on any atom is -0.466 e. The van der Waals surface area contributed by atoms with Crippen LogP contribution in [0.4, 0.5) is 5.13 Å². The van der Waals surface area contributed by atoms with Crippen molar-refractivity contribution in [1.82, 2.24) is 19.9 Å². The Labute approximate surface area is 198 Å². The van der Waals surface area contributed by atoms with Crippen molar-refractivity contribution >= 4 is 45.3 Å². The number of aromatic amines is 1. The predicted octanol–water partition coefficient (Wildman–Crippen LogP) is 3.37. The summed E-state index contributed by atoms with van der Waals surface area (Å²) in [6, 6.07) is 8.60. The summed E-state index contributed by atoms with van der Waals surface area (Å²) in [5.74, 6) is -0.946. The topological polar surface area (TPSA) is 136 Å². The first-order valence-corrected chi connectivity index (χ1v) is 11.3. The zero-order chi connectivity index (χ0) is 24.1. The van der Waals surface area contributed by atoms with Gasteiger partial charge in [0.15, 0.2) is 11.2 Å². The zero-order valence-corrected chi connectivity index (χ0v) is 19.2. The molecular weight excluding hydrogens is 458 g/mol. The highest BCUT2D eigenvalue weighted by atomic mass is 32.1. The molecule has 0 fully saturated rings. The van der Waals surface area contributed by atoms with E-state index in [0.717, 1.165) is 5.56 Å². The van der Waals surface area contributed by atoms with Gasteiger partial charge in [-0.2, -0.15) is 0 Å². The summed E-state index contributed by atoms with van der Waals surface area (Å²) < 4.78 is 10.2. The number of carbonyl (C=O) groups is 3. The summed E-state index contributed by atoms with van der Waals surface area (Å²) >= 11 is 1.17. The Hall–Kier alpha value is -4.12. The van der Waals surface area contributed by atoms with Crippen molar-refractivity contribution in [2.75, 3.05) is 11.9 Å². The molecule has 1 amide bonds. The normalized spacial score (nSPS) is 11.7. The van der Waals surface area contributed by atoms with Crippen molar-refractivity contribution in [3.8, 4) is 11.4 Å². The van der Waals surface area contributed by atoms with Gasteiger partial charge in [0.2, 0.25) is 0 Å². The van der Waals surface area contributed by atoms with E-state index in [9.17, 15) is 14.4 Å². The lowest BCUT2D eigenvalue weighted by molar-refractivity contribution is -0.142. The van der Waals surface area contributed by atoms with Crippen molar-refractivity contribution in [2.45, 2.75) is 26.4 Å². The number of carbonyl (C=O) groups excluding carboxylic acids is 3. The van der Waals surface area contributed by atoms with E-state index in [1.807, 2.05) is 12.1 Å². The molecule has 3 heterocycles. The first kappa shape index (κ1) is 23.1. The number of pyridine rings is 1. The number of fused-ring (bicyclic) bond motifs is 1. The van der Waals surface area contributed by atoms with Crippen LogP contribution in [0.25, 0.3) is 22.4 Å². The quantitative estimate of drug-likeness (QED) is 0.367. The molecule has 1 unspecified atom stereocenters. The Bertz CT molecular complexity index is 1330. The molecule has 0 spiro atoms. The molecule has 174 valence electrons. The molecule has 0 aliphatic carbocycles. The van der Waals surface area contributed by atoms with Crippen molar-refractivity contribution < 1.29 is 23.9 Å². The number of hydrogen-bond donors (Lipinski definition) is 2. The molecule has 4 aromatic rings. The van der Waals surface area contributed by atoms with Gasteiger partial charge in [0, 0.05) is 23.3 Å². The Morgan fingerprint density at radius 2 is 2.06 bits per heavy atom. The molecule has 2 N–H and O–H groups in total. The molecule has 1 aromatic carbocycles. The summed E-state index contributed by atoms with van der Waals surface area (Å²) in [4.78, 5) is 52.5. The van der Waals surface area contributed by atoms with Crippen LogP contribution >= 0.6 is 11.3 Å². The minimum atomic E-state index is -1.06. The van der Waals surface area contributed by atoms with Crippen molar-refractivity contribution in [3.05, 3.63) is 59.4 Å². The van der Waals surface area contributed by atoms with Crippen molar-refractivity contribution in [1.29, 1.82) is 0 Å². The van der Waals surface area contributed by atoms with Crippen LogP contribution in [-0.2, 0) is 25.5 Å². The van der Waals surface area contributed by atoms with Gasteiger partial charge in [-0.25, -0.2) is 14.8 Å². The number of ether oxygens (including phenoxy) is 2. The van der Waals surface area contributed by atoms with E-state index in [-0.39, 0.29) is 18.6 Å². The van der Waals surface area contributed by atoms with Crippen LogP contribution in [0.2, 0.25) is 0 Å². The van der Waals surface area contributed by atoms with Crippen LogP contribution in [0.3, 0.4) is 0 Å². The molecule has 0 bridgehead atoms. The monoisotopic (exact) mass is 479 g/mol. The van der Waals surface area contributed by atoms with Crippen LogP contribution in [0.5, 0.6) is 0 Å². The highest BCUT2D eigenvalue weighted by Gasteiger charge is 2.21. The highest BCUT2D eigenvalue weighted by Crippen LogP contribution is 2.21. The van der Waals surface area contributed by atoms with Gasteiger partial charge in [0.25, 0.3) is 5.91 Å². The smallest absolute Gasteiger partial charge is 0.338 e. The van der Waals surface area contributed by atoms with E-state index in [2.05, 4.69) is 25.3 Å². The minimum absolute atomic E-state index is 0.0172. The molecule has 0 saturated heterocycles. The number of benzene rings is 1. The fourth-order valence-corrected chi connectivity index (χ4v) is 3.78. The van der Waals surface area contributed by atoms with E-state index in [1.54, 1.807) is 42.9 Å². The summed E-state index contributed by atoms with van der Waals surface area (Å²) in [6.45, 7) is 3.48. The van der Waals surface area contributed by atoms with Crippen LogP contribution in [0, 0.1) is 0 Å². The SMILES string of the molecule is CCOC(=O)Cc1csc(NC(=O)C(C)OC(=O)c2ccc3nc(-c4cccnc4)[nH]c3c2)n1. The second-order valence-corrected chi connectivity index (χ2v) is 8.08. The first-order valence-electron chi connectivity index (χ1n) is 10.4. The zero-order valence-electron chi connectivity index (χ0n) is 18.4. The fraction of sp³-hybridized carbons (Fsp3) is 0.217. The van der Waals surface area contributed by atoms with Gasteiger partial charge in [-0.3, -0.25) is 19.9 Å². The fourth-order valence-electron chi connectivity index (χ4n) is 3.07. The predicted molar refractivity (Wildman–Crippen MR) is 125 cm³/mol. The van der Waals surface area contributed by atoms with Gasteiger partial charge in [0.05, 0.1) is 35.3 Å². The lowest BCUT2D eigenvalue weighted by atomic mass is 10.2. The van der Waals surface area contributed by atoms with Crippen molar-refractivity contribution in [2.24, 2.45) is 0 Å². The molecule has 1 atom stereocenters. The number of rotatable bonds is 8. The third-order valence-electron chi connectivity index (χ3n) is 4.72. The number of aromatic nitrogens is 4. The third-order valence-corrected chi connectivity index (χ3v) is 5.52. The number of imidazole rings is 1. The Kier molecular flexibility index (Phi) is 6.93. The number of esters is 2.